The minimum atomic E-state index is -0.385. The summed E-state index contributed by atoms with van der Waals surface area (Å²) < 4.78 is 5.81. The van der Waals surface area contributed by atoms with Gasteiger partial charge in [0, 0.05) is 31.6 Å². The third-order valence-corrected chi connectivity index (χ3v) is 5.38. The molecule has 0 saturated carbocycles. The number of phenolic OH excluding ortho intramolecular Hbond substituents is 2. The van der Waals surface area contributed by atoms with Crippen LogP contribution in [0.3, 0.4) is 0 Å². The van der Waals surface area contributed by atoms with Crippen molar-refractivity contribution in [3.8, 4) is 17.2 Å². The minimum absolute atomic E-state index is 0.0179. The third kappa shape index (κ3) is 4.38. The summed E-state index contributed by atoms with van der Waals surface area (Å²) in [7, 11) is 0. The van der Waals surface area contributed by atoms with Crippen molar-refractivity contribution < 1.29 is 24.5 Å². The molecule has 6 nitrogen and oxygen atoms in total. The topological polar surface area (TPSA) is 87.1 Å². The average Bonchev–Trinajstić information content (AvgIpc) is 3.21. The zero-order valence-corrected chi connectivity index (χ0v) is 16.9. The molecule has 1 aliphatic heterocycles. The molecule has 0 unspecified atom stereocenters. The number of fused-ring (bicyclic) bond motifs is 1. The van der Waals surface area contributed by atoms with Crippen molar-refractivity contribution in [1.29, 1.82) is 0 Å². The number of phenols is 2. The van der Waals surface area contributed by atoms with Gasteiger partial charge in [0.15, 0.2) is 6.29 Å². The first kappa shape index (κ1) is 20.5. The lowest BCUT2D eigenvalue weighted by molar-refractivity contribution is 0.0743. The SMILES string of the molecule is O=[C]CCc1cccc2c1CN(C(=O)c1c(O)cc(O)cc1OCc1ccccc1)C2. The lowest BCUT2D eigenvalue weighted by Gasteiger charge is -2.19. The Kier molecular flexibility index (Phi) is 5.89. The first-order valence-corrected chi connectivity index (χ1v) is 10.0. The summed E-state index contributed by atoms with van der Waals surface area (Å²) in [6, 6.07) is 17.7. The summed E-state index contributed by atoms with van der Waals surface area (Å²) in [4.78, 5) is 25.6. The van der Waals surface area contributed by atoms with Crippen LogP contribution in [-0.2, 0) is 30.9 Å². The molecule has 4 rings (SSSR count). The molecule has 1 aliphatic rings. The van der Waals surface area contributed by atoms with Crippen LogP contribution in [0.2, 0.25) is 0 Å². The Hall–Kier alpha value is -3.80. The van der Waals surface area contributed by atoms with Gasteiger partial charge in [-0.15, -0.1) is 0 Å². The smallest absolute Gasteiger partial charge is 0.262 e. The normalized spacial score (nSPS) is 12.5. The number of hydrogen-bond donors (Lipinski definition) is 2. The molecule has 0 atom stereocenters. The van der Waals surface area contributed by atoms with Crippen LogP contribution in [0.25, 0.3) is 0 Å². The molecule has 6 heteroatoms. The van der Waals surface area contributed by atoms with Crippen LogP contribution in [0, 0.1) is 0 Å². The van der Waals surface area contributed by atoms with E-state index in [1.165, 1.54) is 6.07 Å². The zero-order chi connectivity index (χ0) is 21.8. The maximum absolute atomic E-state index is 13.3. The molecular weight excluding hydrogens is 394 g/mol. The molecule has 0 bridgehead atoms. The monoisotopic (exact) mass is 416 g/mol. The Morgan fingerprint density at radius 1 is 1.03 bits per heavy atom. The molecule has 157 valence electrons. The Bertz CT molecular complexity index is 1110. The van der Waals surface area contributed by atoms with Crippen molar-refractivity contribution in [2.24, 2.45) is 0 Å². The number of benzene rings is 3. The van der Waals surface area contributed by atoms with E-state index in [1.807, 2.05) is 54.8 Å². The number of aromatic hydroxyl groups is 2. The second-order valence-electron chi connectivity index (χ2n) is 7.47. The van der Waals surface area contributed by atoms with Gasteiger partial charge in [-0.3, -0.25) is 9.59 Å². The maximum Gasteiger partial charge on any atom is 0.262 e. The molecule has 0 spiro atoms. The maximum atomic E-state index is 13.3. The second-order valence-corrected chi connectivity index (χ2v) is 7.47. The number of rotatable bonds is 7. The van der Waals surface area contributed by atoms with Crippen LogP contribution in [0.1, 0.15) is 39.0 Å². The van der Waals surface area contributed by atoms with Crippen molar-refractivity contribution in [3.05, 3.63) is 88.5 Å². The number of carbonyl (C=O) groups is 1. The van der Waals surface area contributed by atoms with Gasteiger partial charge >= 0.3 is 0 Å². The van der Waals surface area contributed by atoms with Gasteiger partial charge in [-0.25, -0.2) is 0 Å². The van der Waals surface area contributed by atoms with Crippen LogP contribution in [-0.4, -0.2) is 27.3 Å². The molecule has 1 amide bonds. The van der Waals surface area contributed by atoms with E-state index in [0.717, 1.165) is 28.3 Å². The van der Waals surface area contributed by atoms with Gasteiger partial charge in [0.25, 0.3) is 5.91 Å². The number of aryl methyl sites for hydroxylation is 1. The van der Waals surface area contributed by atoms with Crippen molar-refractivity contribution >= 4 is 12.2 Å². The van der Waals surface area contributed by atoms with E-state index < -0.39 is 0 Å². The van der Waals surface area contributed by atoms with E-state index in [4.69, 9.17) is 4.74 Å². The predicted molar refractivity (Wildman–Crippen MR) is 115 cm³/mol. The molecule has 1 radical (unpaired) electrons. The van der Waals surface area contributed by atoms with Gasteiger partial charge in [0.1, 0.15) is 29.4 Å². The van der Waals surface area contributed by atoms with E-state index in [0.29, 0.717) is 25.9 Å². The van der Waals surface area contributed by atoms with E-state index in [2.05, 4.69) is 0 Å². The number of hydrogen-bond acceptors (Lipinski definition) is 5. The Morgan fingerprint density at radius 2 is 1.84 bits per heavy atom. The molecule has 1 heterocycles. The van der Waals surface area contributed by atoms with E-state index in [1.54, 1.807) is 4.90 Å². The van der Waals surface area contributed by atoms with Gasteiger partial charge in [-0.05, 0) is 28.7 Å². The van der Waals surface area contributed by atoms with Gasteiger partial charge in [0.2, 0.25) is 0 Å². The van der Waals surface area contributed by atoms with Crippen molar-refractivity contribution in [2.45, 2.75) is 32.5 Å². The minimum Gasteiger partial charge on any atom is -0.508 e. The van der Waals surface area contributed by atoms with E-state index >= 15 is 0 Å². The Morgan fingerprint density at radius 3 is 2.61 bits per heavy atom. The van der Waals surface area contributed by atoms with E-state index in [9.17, 15) is 19.8 Å². The fourth-order valence-corrected chi connectivity index (χ4v) is 3.86. The zero-order valence-electron chi connectivity index (χ0n) is 16.9. The van der Waals surface area contributed by atoms with Crippen molar-refractivity contribution in [1.82, 2.24) is 4.90 Å². The Balaban J connectivity index is 1.59. The highest BCUT2D eigenvalue weighted by Crippen LogP contribution is 2.37. The lowest BCUT2D eigenvalue weighted by Crippen LogP contribution is -2.26. The van der Waals surface area contributed by atoms with Crippen LogP contribution < -0.4 is 4.74 Å². The summed E-state index contributed by atoms with van der Waals surface area (Å²) in [5.41, 5.74) is 3.97. The van der Waals surface area contributed by atoms with Crippen molar-refractivity contribution in [3.63, 3.8) is 0 Å². The van der Waals surface area contributed by atoms with Crippen LogP contribution >= 0.6 is 0 Å². The molecule has 0 fully saturated rings. The average molecular weight is 416 g/mol. The van der Waals surface area contributed by atoms with Crippen LogP contribution in [0.5, 0.6) is 17.2 Å². The summed E-state index contributed by atoms with van der Waals surface area (Å²) in [6.07, 6.45) is 2.79. The highest BCUT2D eigenvalue weighted by atomic mass is 16.5. The highest BCUT2D eigenvalue weighted by Gasteiger charge is 2.30. The van der Waals surface area contributed by atoms with Crippen LogP contribution in [0.15, 0.2) is 60.7 Å². The Labute approximate surface area is 180 Å². The summed E-state index contributed by atoms with van der Waals surface area (Å²) in [5.74, 6) is -0.781. The fraction of sp³-hybridized carbons (Fsp3) is 0.200. The van der Waals surface area contributed by atoms with Gasteiger partial charge in [-0.1, -0.05) is 48.5 Å². The fourth-order valence-electron chi connectivity index (χ4n) is 3.86. The predicted octanol–water partition coefficient (Wildman–Crippen LogP) is 3.88. The number of carbonyl (C=O) groups excluding carboxylic acids is 2. The second kappa shape index (κ2) is 8.92. The highest BCUT2D eigenvalue weighted by molar-refractivity contribution is 6.00. The molecule has 0 saturated heterocycles. The van der Waals surface area contributed by atoms with Crippen LogP contribution in [0.4, 0.5) is 0 Å². The van der Waals surface area contributed by atoms with Gasteiger partial charge < -0.3 is 19.8 Å². The quantitative estimate of drug-likeness (QED) is 0.611. The molecular formula is C25H22NO5. The summed E-state index contributed by atoms with van der Waals surface area (Å²) in [5, 5.41) is 20.4. The number of amides is 1. The van der Waals surface area contributed by atoms with Gasteiger partial charge in [0.05, 0.1) is 0 Å². The van der Waals surface area contributed by atoms with E-state index in [-0.39, 0.29) is 35.3 Å². The number of ether oxygens (including phenoxy) is 1. The molecule has 0 aromatic heterocycles. The molecule has 2 N–H and O–H groups in total. The van der Waals surface area contributed by atoms with Crippen molar-refractivity contribution in [2.75, 3.05) is 0 Å². The molecule has 31 heavy (non-hydrogen) atoms. The molecule has 3 aromatic carbocycles. The number of nitrogens with zero attached hydrogens (tertiary/aromatic N) is 1. The lowest BCUT2D eigenvalue weighted by atomic mass is 10.0. The molecule has 0 aliphatic carbocycles. The third-order valence-electron chi connectivity index (χ3n) is 5.38. The van der Waals surface area contributed by atoms with Gasteiger partial charge in [-0.2, -0.15) is 0 Å². The standard InChI is InChI=1S/C25H22NO5/c27-11-5-10-18-8-4-9-19-14-26(15-21(18)19)25(30)24-22(29)12-20(28)13-23(24)31-16-17-6-2-1-3-7-17/h1-4,6-9,12-13,28-29H,5,10,14-16H2. The summed E-state index contributed by atoms with van der Waals surface area (Å²) >= 11 is 0. The first-order chi connectivity index (χ1) is 15.1. The molecule has 3 aromatic rings. The largest absolute Gasteiger partial charge is 0.508 e. The summed E-state index contributed by atoms with van der Waals surface area (Å²) in [6.45, 7) is 0.962. The first-order valence-electron chi connectivity index (χ1n) is 10.0.